The molecule has 0 aromatic heterocycles. The van der Waals surface area contributed by atoms with Gasteiger partial charge in [0, 0.05) is 64.9 Å². The minimum atomic E-state index is -1.06. The number of amides is 3. The molecule has 0 unspecified atom stereocenters. The van der Waals surface area contributed by atoms with E-state index in [9.17, 15) is 24.0 Å². The Morgan fingerprint density at radius 3 is 1.38 bits per heavy atom. The van der Waals surface area contributed by atoms with Crippen LogP contribution in [0.4, 0.5) is 24.0 Å². The van der Waals surface area contributed by atoms with Crippen LogP contribution >= 0.6 is 0 Å². The van der Waals surface area contributed by atoms with Crippen LogP contribution in [0.3, 0.4) is 0 Å². The lowest BCUT2D eigenvalue weighted by Gasteiger charge is -2.25. The van der Waals surface area contributed by atoms with Crippen LogP contribution < -0.4 is 10.6 Å². The van der Waals surface area contributed by atoms with Crippen LogP contribution in [0, 0.1) is 5.92 Å². The largest absolute Gasteiger partial charge is 0.519 e. The summed E-state index contributed by atoms with van der Waals surface area (Å²) in [6, 6.07) is 10.6. The van der Waals surface area contributed by atoms with Gasteiger partial charge in [-0.05, 0) is 115 Å². The molecule has 0 spiro atoms. The Bertz CT molecular complexity index is 1700. The van der Waals surface area contributed by atoms with Crippen molar-refractivity contribution in [3.05, 3.63) is 98.7 Å². The van der Waals surface area contributed by atoms with Crippen LogP contribution in [0.2, 0.25) is 0 Å². The van der Waals surface area contributed by atoms with Gasteiger partial charge in [0.2, 0.25) is 0 Å². The summed E-state index contributed by atoms with van der Waals surface area (Å²) in [7, 11) is 0. The molecule has 0 aliphatic carbocycles. The summed E-state index contributed by atoms with van der Waals surface area (Å²) in [5, 5.41) is 6.59. The molecule has 2 aliphatic rings. The number of likely N-dealkylation sites (tertiary alicyclic amines) is 1. The van der Waals surface area contributed by atoms with Crippen LogP contribution in [0.1, 0.15) is 116 Å². The second-order valence-corrected chi connectivity index (χ2v) is 20.9. The molecule has 1 aromatic carbocycles. The molecule has 0 saturated carbocycles. The van der Waals surface area contributed by atoms with Gasteiger partial charge in [-0.2, -0.15) is 0 Å². The molecule has 0 bridgehead atoms. The Hall–Kier alpha value is -5.61. The third kappa shape index (κ3) is 38.0. The molecule has 3 rings (SSSR count). The molecule has 2 heterocycles. The van der Waals surface area contributed by atoms with Crippen LogP contribution in [0.5, 0.6) is 0 Å². The van der Waals surface area contributed by atoms with Crippen molar-refractivity contribution in [1.82, 2.24) is 25.3 Å². The fourth-order valence-corrected chi connectivity index (χ4v) is 5.27. The van der Waals surface area contributed by atoms with Crippen LogP contribution in [0.25, 0.3) is 0 Å². The second-order valence-electron chi connectivity index (χ2n) is 20.9. The summed E-state index contributed by atoms with van der Waals surface area (Å²) < 4.78 is 29.6. The van der Waals surface area contributed by atoms with Crippen LogP contribution in [-0.2, 0) is 35.0 Å². The Labute approximate surface area is 415 Å². The highest BCUT2D eigenvalue weighted by Crippen LogP contribution is 2.20. The molecular formula is C53H89N5O11. The Morgan fingerprint density at radius 2 is 1.00 bits per heavy atom. The van der Waals surface area contributed by atoms with Gasteiger partial charge in [0.1, 0.15) is 28.0 Å². The molecular weight excluding hydrogens is 883 g/mol. The zero-order valence-electron chi connectivity index (χ0n) is 45.0. The summed E-state index contributed by atoms with van der Waals surface area (Å²) in [5.74, 6) is 0.432. The number of carbonyl (C=O) groups excluding carboxylic acids is 5. The average molecular weight is 972 g/mol. The van der Waals surface area contributed by atoms with E-state index in [1.807, 2.05) is 105 Å². The van der Waals surface area contributed by atoms with E-state index in [0.29, 0.717) is 44.7 Å². The number of hydrogen-bond donors (Lipinski definition) is 2. The van der Waals surface area contributed by atoms with Crippen molar-refractivity contribution in [2.75, 3.05) is 52.4 Å². The first-order valence-electron chi connectivity index (χ1n) is 23.3. The third-order valence-corrected chi connectivity index (χ3v) is 8.02. The van der Waals surface area contributed by atoms with E-state index in [1.165, 1.54) is 10.5 Å². The van der Waals surface area contributed by atoms with Gasteiger partial charge in [-0.1, -0.05) is 73.7 Å². The predicted octanol–water partition coefficient (Wildman–Crippen LogP) is 11.2. The first-order valence-corrected chi connectivity index (χ1v) is 23.3. The lowest BCUT2D eigenvalue weighted by molar-refractivity contribution is -0.0295. The lowest BCUT2D eigenvalue weighted by Crippen LogP contribution is -2.38. The topological polar surface area (TPSA) is 175 Å². The fourth-order valence-electron chi connectivity index (χ4n) is 5.27. The van der Waals surface area contributed by atoms with Gasteiger partial charge in [0.05, 0.1) is 0 Å². The van der Waals surface area contributed by atoms with Crippen molar-refractivity contribution >= 4 is 30.6 Å². The molecule has 1 aromatic rings. The SMILES string of the molecule is C=CCN(CC=C)C(=O)OC(C)(C)C.C=CCNCC=C.CC(C)(C)OC(=O)N1CC=CC1.CC(C)(C)OC(=O)OC(=O)OC(C)(C)C.C[C@H]1CN(C(=O)OC(C)(C)C)C[C@@H]1NCc1ccccc1. The maximum absolute atomic E-state index is 12.1. The minimum Gasteiger partial charge on any atom is -0.444 e. The van der Waals surface area contributed by atoms with Crippen molar-refractivity contribution < 1.29 is 52.4 Å². The Kier molecular flexibility index (Phi) is 30.6. The molecule has 3 amide bonds. The predicted molar refractivity (Wildman–Crippen MR) is 276 cm³/mol. The number of nitrogens with zero attached hydrogens (tertiary/aromatic N) is 3. The van der Waals surface area contributed by atoms with Crippen molar-refractivity contribution in [2.24, 2.45) is 5.92 Å². The van der Waals surface area contributed by atoms with Gasteiger partial charge in [0.15, 0.2) is 0 Å². The number of hydrogen-bond acceptors (Lipinski definition) is 13. The normalized spacial score (nSPS) is 15.2. The Balaban J connectivity index is 0. The summed E-state index contributed by atoms with van der Waals surface area (Å²) in [6.45, 7) is 49.6. The molecule has 392 valence electrons. The van der Waals surface area contributed by atoms with E-state index < -0.39 is 34.7 Å². The maximum atomic E-state index is 12.1. The summed E-state index contributed by atoms with van der Waals surface area (Å²) >= 11 is 0. The molecule has 2 N–H and O–H groups in total. The van der Waals surface area contributed by atoms with Crippen molar-refractivity contribution in [1.29, 1.82) is 0 Å². The smallest absolute Gasteiger partial charge is 0.444 e. The maximum Gasteiger partial charge on any atom is 0.519 e. The highest BCUT2D eigenvalue weighted by atomic mass is 16.8. The van der Waals surface area contributed by atoms with Crippen LogP contribution in [-0.4, -0.2) is 132 Å². The molecule has 1 fully saturated rings. The summed E-state index contributed by atoms with van der Waals surface area (Å²) in [4.78, 5) is 62.0. The second kappa shape index (κ2) is 32.2. The number of nitrogens with one attached hydrogen (secondary N) is 2. The Morgan fingerprint density at radius 1 is 0.594 bits per heavy atom. The molecule has 16 heteroatoms. The highest BCUT2D eigenvalue weighted by Gasteiger charge is 2.34. The number of benzene rings is 1. The molecule has 69 heavy (non-hydrogen) atoms. The van der Waals surface area contributed by atoms with E-state index in [0.717, 1.165) is 26.2 Å². The van der Waals surface area contributed by atoms with E-state index in [-0.39, 0.29) is 23.9 Å². The van der Waals surface area contributed by atoms with E-state index in [2.05, 4.69) is 60.7 Å². The van der Waals surface area contributed by atoms with Crippen molar-refractivity contribution in [3.63, 3.8) is 0 Å². The van der Waals surface area contributed by atoms with Gasteiger partial charge in [-0.25, -0.2) is 24.0 Å². The highest BCUT2D eigenvalue weighted by molar-refractivity contribution is 5.77. The standard InChI is InChI=1S/C17H26N2O2.C11H19NO2.C10H18O5.C9H15NO2.C6H11N/c1-13-11-19(16(20)21-17(2,3)4)12-15(13)18-10-14-8-6-5-7-9-14;1-6-8-12(9-7-2)10(13)14-11(3,4)5;1-9(2,3)14-7(11)13-8(12)15-10(4,5)6;1-9(2,3)12-8(11)10-6-4-5-7-10;1-3-5-7-6-4-2/h5-9,13,15,18H,10-12H2,1-4H3;6-7H,1-2,8-9H2,3-5H3;1-6H3;4-5H,6-7H2,1-3H3;3-4,7H,1-2,5-6H2/t13-,15-;;;;/m0..../s1. The van der Waals surface area contributed by atoms with E-state index in [1.54, 1.807) is 63.5 Å². The molecule has 16 nitrogen and oxygen atoms in total. The van der Waals surface area contributed by atoms with Gasteiger partial charge >= 0.3 is 30.6 Å². The first-order chi connectivity index (χ1) is 31.7. The minimum absolute atomic E-state index is 0.210. The van der Waals surface area contributed by atoms with E-state index in [4.69, 9.17) is 23.7 Å². The van der Waals surface area contributed by atoms with Crippen molar-refractivity contribution in [2.45, 2.75) is 151 Å². The van der Waals surface area contributed by atoms with E-state index >= 15 is 0 Å². The average Bonchev–Trinajstić information content (AvgIpc) is 3.86. The monoisotopic (exact) mass is 972 g/mol. The third-order valence-electron chi connectivity index (χ3n) is 8.02. The summed E-state index contributed by atoms with van der Waals surface area (Å²) in [6.07, 6.45) is 8.00. The molecule has 0 radical (unpaired) electrons. The van der Waals surface area contributed by atoms with Gasteiger partial charge in [-0.15, -0.1) is 26.3 Å². The van der Waals surface area contributed by atoms with Crippen LogP contribution in [0.15, 0.2) is 93.1 Å². The van der Waals surface area contributed by atoms with Crippen molar-refractivity contribution in [3.8, 4) is 0 Å². The van der Waals surface area contributed by atoms with Gasteiger partial charge in [-0.3, -0.25) is 0 Å². The zero-order valence-corrected chi connectivity index (χ0v) is 45.0. The van der Waals surface area contributed by atoms with Gasteiger partial charge in [0.25, 0.3) is 0 Å². The quantitative estimate of drug-likeness (QED) is 0.0705. The molecule has 1 saturated heterocycles. The molecule has 2 aliphatic heterocycles. The fraction of sp³-hybridized carbons (Fsp3) is 0.604. The molecule has 2 atom stereocenters. The first kappa shape index (κ1) is 65.5. The lowest BCUT2D eigenvalue weighted by atomic mass is 10.1. The number of rotatable bonds is 11. The van der Waals surface area contributed by atoms with Gasteiger partial charge < -0.3 is 53.8 Å². The zero-order chi connectivity index (χ0) is 53.6. The summed E-state index contributed by atoms with van der Waals surface area (Å²) in [5.41, 5.74) is -1.41. The number of ether oxygens (including phenoxy) is 6. The number of carbonyl (C=O) groups is 5.